The molecule has 5 nitrogen and oxygen atoms in total. The third kappa shape index (κ3) is 5.72. The minimum Gasteiger partial charge on any atom is -0.381 e. The number of ether oxygens (including phenoxy) is 1. The molecule has 1 heterocycles. The van der Waals surface area contributed by atoms with E-state index in [1.165, 1.54) is 6.20 Å². The van der Waals surface area contributed by atoms with E-state index in [1.54, 1.807) is 6.20 Å². The molecular weight excluding hydrogens is 230 g/mol. The Morgan fingerprint density at radius 2 is 2.06 bits per heavy atom. The van der Waals surface area contributed by atoms with Crippen LogP contribution in [-0.4, -0.2) is 35.6 Å². The van der Waals surface area contributed by atoms with Crippen molar-refractivity contribution in [1.29, 1.82) is 0 Å². The van der Waals surface area contributed by atoms with E-state index in [9.17, 15) is 4.79 Å². The number of nitrogens with one attached hydrogen (secondary N) is 1. The van der Waals surface area contributed by atoms with Crippen molar-refractivity contribution in [3.05, 3.63) is 23.8 Å². The molecule has 1 rings (SSSR count). The van der Waals surface area contributed by atoms with Crippen LogP contribution in [0.5, 0.6) is 0 Å². The molecule has 0 aliphatic heterocycles. The number of aryl methyl sites for hydroxylation is 1. The summed E-state index contributed by atoms with van der Waals surface area (Å²) in [5, 5.41) is 2.79. The first-order valence-corrected chi connectivity index (χ1v) is 6.38. The minimum absolute atomic E-state index is 0.184. The van der Waals surface area contributed by atoms with E-state index in [4.69, 9.17) is 4.74 Å². The monoisotopic (exact) mass is 251 g/mol. The first kappa shape index (κ1) is 14.6. The van der Waals surface area contributed by atoms with Crippen molar-refractivity contribution in [2.45, 2.75) is 33.1 Å². The minimum atomic E-state index is -0.184. The number of rotatable bonds is 8. The topological polar surface area (TPSA) is 64.1 Å². The highest BCUT2D eigenvalue weighted by Crippen LogP contribution is 1.94. The van der Waals surface area contributed by atoms with Gasteiger partial charge in [0.2, 0.25) is 0 Å². The standard InChI is InChI=1S/C13H21N3O2/c1-3-4-7-18-8-5-6-14-13(17)12-10-15-11(2)9-16-12/h9-10H,3-8H2,1-2H3,(H,14,17). The normalized spacial score (nSPS) is 10.3. The van der Waals surface area contributed by atoms with Gasteiger partial charge in [-0.3, -0.25) is 9.78 Å². The van der Waals surface area contributed by atoms with Crippen LogP contribution in [0.4, 0.5) is 0 Å². The van der Waals surface area contributed by atoms with Crippen LogP contribution in [0.3, 0.4) is 0 Å². The van der Waals surface area contributed by atoms with E-state index in [2.05, 4.69) is 22.2 Å². The molecule has 1 aromatic heterocycles. The highest BCUT2D eigenvalue weighted by Gasteiger charge is 2.05. The lowest BCUT2D eigenvalue weighted by Gasteiger charge is -2.05. The summed E-state index contributed by atoms with van der Waals surface area (Å²) in [7, 11) is 0. The molecule has 1 N–H and O–H groups in total. The SMILES string of the molecule is CCCCOCCCNC(=O)c1cnc(C)cn1. The van der Waals surface area contributed by atoms with E-state index in [-0.39, 0.29) is 5.91 Å². The van der Waals surface area contributed by atoms with Crippen molar-refractivity contribution in [2.24, 2.45) is 0 Å². The fraction of sp³-hybridized carbons (Fsp3) is 0.615. The zero-order chi connectivity index (χ0) is 13.2. The molecule has 0 saturated carbocycles. The van der Waals surface area contributed by atoms with Gasteiger partial charge in [0.15, 0.2) is 0 Å². The Labute approximate surface area is 108 Å². The smallest absolute Gasteiger partial charge is 0.271 e. The number of amides is 1. The van der Waals surface area contributed by atoms with E-state index < -0.39 is 0 Å². The van der Waals surface area contributed by atoms with E-state index in [1.807, 2.05) is 6.92 Å². The third-order valence-corrected chi connectivity index (χ3v) is 2.41. The Bertz CT molecular complexity index is 352. The van der Waals surface area contributed by atoms with E-state index in [0.29, 0.717) is 18.8 Å². The van der Waals surface area contributed by atoms with Gasteiger partial charge in [-0.2, -0.15) is 0 Å². The second-order valence-corrected chi connectivity index (χ2v) is 4.12. The molecule has 0 bridgehead atoms. The molecule has 0 aliphatic carbocycles. The maximum Gasteiger partial charge on any atom is 0.271 e. The van der Waals surface area contributed by atoms with Crippen LogP contribution in [0, 0.1) is 6.92 Å². The molecule has 0 spiro atoms. The number of carbonyl (C=O) groups is 1. The van der Waals surface area contributed by atoms with Crippen molar-refractivity contribution in [3.63, 3.8) is 0 Å². The number of nitrogens with zero attached hydrogens (tertiary/aromatic N) is 2. The molecule has 18 heavy (non-hydrogen) atoms. The van der Waals surface area contributed by atoms with Crippen molar-refractivity contribution < 1.29 is 9.53 Å². The van der Waals surface area contributed by atoms with Gasteiger partial charge in [-0.05, 0) is 19.8 Å². The van der Waals surface area contributed by atoms with Gasteiger partial charge in [-0.25, -0.2) is 4.98 Å². The quantitative estimate of drug-likeness (QED) is 0.714. The summed E-state index contributed by atoms with van der Waals surface area (Å²) in [6.07, 6.45) is 6.12. The Morgan fingerprint density at radius 3 is 2.72 bits per heavy atom. The summed E-state index contributed by atoms with van der Waals surface area (Å²) >= 11 is 0. The summed E-state index contributed by atoms with van der Waals surface area (Å²) in [5.41, 5.74) is 1.16. The highest BCUT2D eigenvalue weighted by atomic mass is 16.5. The maximum atomic E-state index is 11.6. The third-order valence-electron chi connectivity index (χ3n) is 2.41. The summed E-state index contributed by atoms with van der Waals surface area (Å²) in [6, 6.07) is 0. The molecule has 1 aromatic rings. The van der Waals surface area contributed by atoms with Crippen molar-refractivity contribution >= 4 is 5.91 Å². The first-order valence-electron chi connectivity index (χ1n) is 6.38. The molecule has 0 radical (unpaired) electrons. The van der Waals surface area contributed by atoms with E-state index in [0.717, 1.165) is 31.6 Å². The van der Waals surface area contributed by atoms with Crippen LogP contribution in [0.2, 0.25) is 0 Å². The molecule has 0 unspecified atom stereocenters. The predicted molar refractivity (Wildman–Crippen MR) is 69.4 cm³/mol. The highest BCUT2D eigenvalue weighted by molar-refractivity contribution is 5.91. The van der Waals surface area contributed by atoms with Crippen molar-refractivity contribution in [1.82, 2.24) is 15.3 Å². The van der Waals surface area contributed by atoms with Gasteiger partial charge in [0.25, 0.3) is 5.91 Å². The van der Waals surface area contributed by atoms with Crippen LogP contribution in [0.1, 0.15) is 42.4 Å². The largest absolute Gasteiger partial charge is 0.381 e. The number of carbonyl (C=O) groups excluding carboxylic acids is 1. The van der Waals surface area contributed by atoms with Gasteiger partial charge in [-0.1, -0.05) is 13.3 Å². The number of unbranched alkanes of at least 4 members (excludes halogenated alkanes) is 1. The molecule has 0 fully saturated rings. The molecule has 5 heteroatoms. The average Bonchev–Trinajstić information content (AvgIpc) is 2.38. The molecule has 0 atom stereocenters. The van der Waals surface area contributed by atoms with Crippen LogP contribution in [0.15, 0.2) is 12.4 Å². The lowest BCUT2D eigenvalue weighted by Crippen LogP contribution is -2.26. The Balaban J connectivity index is 2.12. The summed E-state index contributed by atoms with van der Waals surface area (Å²) in [6.45, 7) is 6.04. The predicted octanol–water partition coefficient (Wildman–Crippen LogP) is 1.72. The molecular formula is C13H21N3O2. The second-order valence-electron chi connectivity index (χ2n) is 4.12. The number of hydrogen-bond donors (Lipinski definition) is 1. The van der Waals surface area contributed by atoms with Gasteiger partial charge in [-0.15, -0.1) is 0 Å². The fourth-order valence-corrected chi connectivity index (χ4v) is 1.33. The lowest BCUT2D eigenvalue weighted by molar-refractivity contribution is 0.0935. The maximum absolute atomic E-state index is 11.6. The van der Waals surface area contributed by atoms with Gasteiger partial charge in [0, 0.05) is 26.0 Å². The zero-order valence-corrected chi connectivity index (χ0v) is 11.1. The lowest BCUT2D eigenvalue weighted by atomic mass is 10.3. The summed E-state index contributed by atoms with van der Waals surface area (Å²) < 4.78 is 5.40. The number of hydrogen-bond acceptors (Lipinski definition) is 4. The average molecular weight is 251 g/mol. The van der Waals surface area contributed by atoms with Crippen molar-refractivity contribution in [3.8, 4) is 0 Å². The zero-order valence-electron chi connectivity index (χ0n) is 11.1. The Hall–Kier alpha value is -1.49. The second kappa shape index (κ2) is 8.58. The molecule has 1 amide bonds. The molecule has 100 valence electrons. The van der Waals surface area contributed by atoms with Crippen LogP contribution >= 0.6 is 0 Å². The molecule has 0 aromatic carbocycles. The summed E-state index contributed by atoms with van der Waals surface area (Å²) in [5.74, 6) is -0.184. The van der Waals surface area contributed by atoms with Gasteiger partial charge >= 0.3 is 0 Å². The molecule has 0 aliphatic rings. The summed E-state index contributed by atoms with van der Waals surface area (Å²) in [4.78, 5) is 19.7. The molecule has 0 saturated heterocycles. The Kier molecular flexibility index (Phi) is 6.94. The number of aromatic nitrogens is 2. The van der Waals surface area contributed by atoms with E-state index >= 15 is 0 Å². The fourth-order valence-electron chi connectivity index (χ4n) is 1.33. The van der Waals surface area contributed by atoms with Crippen molar-refractivity contribution in [2.75, 3.05) is 19.8 Å². The van der Waals surface area contributed by atoms with Crippen LogP contribution < -0.4 is 5.32 Å². The Morgan fingerprint density at radius 1 is 1.28 bits per heavy atom. The van der Waals surface area contributed by atoms with Gasteiger partial charge in [0.1, 0.15) is 5.69 Å². The van der Waals surface area contributed by atoms with Gasteiger partial charge in [0.05, 0.1) is 11.9 Å². The first-order chi connectivity index (χ1) is 8.74. The van der Waals surface area contributed by atoms with Gasteiger partial charge < -0.3 is 10.1 Å². The van der Waals surface area contributed by atoms with Crippen LogP contribution in [-0.2, 0) is 4.74 Å². The van der Waals surface area contributed by atoms with Crippen LogP contribution in [0.25, 0.3) is 0 Å².